The Morgan fingerprint density at radius 2 is 1.57 bits per heavy atom. The number of benzene rings is 2. The van der Waals surface area contributed by atoms with Gasteiger partial charge in [-0.15, -0.1) is 0 Å². The van der Waals surface area contributed by atoms with E-state index in [-0.39, 0.29) is 18.9 Å². The van der Waals surface area contributed by atoms with E-state index in [1.807, 2.05) is 18.4 Å². The average molecular weight is 539 g/mol. The molecular formula is C30H42N4OS2. The molecule has 3 aliphatic rings. The van der Waals surface area contributed by atoms with E-state index in [2.05, 4.69) is 70.5 Å². The van der Waals surface area contributed by atoms with E-state index in [0.29, 0.717) is 11.8 Å². The third kappa shape index (κ3) is 6.25. The third-order valence-electron chi connectivity index (χ3n) is 8.63. The van der Waals surface area contributed by atoms with Gasteiger partial charge in [0.1, 0.15) is 18.0 Å². The molecule has 0 bridgehead atoms. The zero-order valence-corrected chi connectivity index (χ0v) is 24.1. The van der Waals surface area contributed by atoms with Gasteiger partial charge in [-0.2, -0.15) is 18.8 Å². The van der Waals surface area contributed by atoms with E-state index in [1.165, 1.54) is 55.7 Å². The summed E-state index contributed by atoms with van der Waals surface area (Å²) < 4.78 is 7.61. The predicted molar refractivity (Wildman–Crippen MR) is 159 cm³/mol. The van der Waals surface area contributed by atoms with Gasteiger partial charge in [0.15, 0.2) is 0 Å². The minimum Gasteiger partial charge on any atom is -0.409 e. The Bertz CT molecular complexity index is 1010. The van der Waals surface area contributed by atoms with Gasteiger partial charge in [0.05, 0.1) is 11.5 Å². The first-order chi connectivity index (χ1) is 17.6. The summed E-state index contributed by atoms with van der Waals surface area (Å²) in [4.78, 5) is 5.13. The fourth-order valence-corrected chi connectivity index (χ4v) is 7.16. The topological polar surface area (TPSA) is 42.7 Å². The zero-order valence-electron chi connectivity index (χ0n) is 22.3. The van der Waals surface area contributed by atoms with Crippen LogP contribution >= 0.6 is 25.7 Å². The highest BCUT2D eigenvalue weighted by atomic mass is 32.2. The van der Waals surface area contributed by atoms with Gasteiger partial charge in [-0.05, 0) is 80.4 Å². The summed E-state index contributed by atoms with van der Waals surface area (Å²) >= 11 is 1.34. The SMILES string of the molecule is CN(C)SOc1ccc(N2CC(CN3CCC(C(C#N)(c4ccccc4)C4CCCC4)CC3)C2)cc1.S. The number of nitrogens with zero attached hydrogens (tertiary/aromatic N) is 4. The van der Waals surface area contributed by atoms with Crippen molar-refractivity contribution in [2.45, 2.75) is 43.9 Å². The van der Waals surface area contributed by atoms with Crippen molar-refractivity contribution in [1.82, 2.24) is 9.21 Å². The molecule has 2 heterocycles. The Labute approximate surface area is 234 Å². The molecule has 5 rings (SSSR count). The molecule has 7 heteroatoms. The maximum absolute atomic E-state index is 10.6. The van der Waals surface area contributed by atoms with Crippen molar-refractivity contribution in [2.75, 3.05) is 51.7 Å². The van der Waals surface area contributed by atoms with E-state index < -0.39 is 0 Å². The summed E-state index contributed by atoms with van der Waals surface area (Å²) in [6, 6.07) is 22.1. The molecule has 37 heavy (non-hydrogen) atoms. The van der Waals surface area contributed by atoms with Crippen molar-refractivity contribution < 1.29 is 4.18 Å². The molecule has 5 nitrogen and oxygen atoms in total. The van der Waals surface area contributed by atoms with Crippen LogP contribution in [0.3, 0.4) is 0 Å². The molecule has 0 radical (unpaired) electrons. The van der Waals surface area contributed by atoms with Crippen LogP contribution in [-0.2, 0) is 5.41 Å². The first kappa shape index (κ1) is 28.2. The molecule has 2 aliphatic heterocycles. The minimum absolute atomic E-state index is 0. The van der Waals surface area contributed by atoms with Crippen molar-refractivity contribution in [3.8, 4) is 11.8 Å². The monoisotopic (exact) mass is 538 g/mol. The van der Waals surface area contributed by atoms with Crippen LogP contribution in [0.5, 0.6) is 5.75 Å². The molecule has 0 N–H and O–H groups in total. The smallest absolute Gasteiger partial charge is 0.146 e. The second kappa shape index (κ2) is 12.8. The molecule has 1 unspecified atom stereocenters. The quantitative estimate of drug-likeness (QED) is 0.284. The number of hydrogen-bond acceptors (Lipinski definition) is 6. The van der Waals surface area contributed by atoms with Gasteiger partial charge in [-0.25, -0.2) is 4.31 Å². The summed E-state index contributed by atoms with van der Waals surface area (Å²) in [5.74, 6) is 2.60. The lowest BCUT2D eigenvalue weighted by molar-refractivity contribution is 0.103. The van der Waals surface area contributed by atoms with Crippen LogP contribution in [0.4, 0.5) is 5.69 Å². The zero-order chi connectivity index (χ0) is 25.0. The fourth-order valence-electron chi connectivity index (χ4n) is 6.81. The van der Waals surface area contributed by atoms with Crippen LogP contribution < -0.4 is 9.08 Å². The molecule has 0 amide bonds. The summed E-state index contributed by atoms with van der Waals surface area (Å²) in [5, 5.41) is 10.6. The molecular weight excluding hydrogens is 496 g/mol. The van der Waals surface area contributed by atoms with E-state index in [4.69, 9.17) is 4.18 Å². The first-order valence-corrected chi connectivity index (χ1v) is 14.3. The first-order valence-electron chi connectivity index (χ1n) is 13.6. The van der Waals surface area contributed by atoms with Crippen LogP contribution in [-0.4, -0.2) is 56.0 Å². The highest BCUT2D eigenvalue weighted by Gasteiger charge is 2.48. The van der Waals surface area contributed by atoms with Crippen molar-refractivity contribution >= 4 is 31.4 Å². The highest BCUT2D eigenvalue weighted by Crippen LogP contribution is 2.50. The predicted octanol–water partition coefficient (Wildman–Crippen LogP) is 6.10. The maximum atomic E-state index is 10.6. The van der Waals surface area contributed by atoms with E-state index in [0.717, 1.165) is 50.7 Å². The van der Waals surface area contributed by atoms with Crippen molar-refractivity contribution in [2.24, 2.45) is 17.8 Å². The highest BCUT2D eigenvalue weighted by molar-refractivity contribution is 7.92. The number of piperidine rings is 1. The van der Waals surface area contributed by atoms with Gasteiger partial charge in [0, 0.05) is 45.3 Å². The minimum atomic E-state index is -0.307. The van der Waals surface area contributed by atoms with Crippen LogP contribution in [0.25, 0.3) is 0 Å². The molecule has 2 saturated heterocycles. The molecule has 1 atom stereocenters. The Morgan fingerprint density at radius 3 is 2.16 bits per heavy atom. The molecule has 1 saturated carbocycles. The van der Waals surface area contributed by atoms with Gasteiger partial charge in [-0.1, -0.05) is 43.2 Å². The molecule has 200 valence electrons. The molecule has 2 aromatic rings. The lowest BCUT2D eigenvalue weighted by Crippen LogP contribution is -2.53. The van der Waals surface area contributed by atoms with Gasteiger partial charge < -0.3 is 14.0 Å². The average Bonchev–Trinajstić information content (AvgIpc) is 3.43. The number of anilines is 1. The lowest BCUT2D eigenvalue weighted by Gasteiger charge is -2.47. The summed E-state index contributed by atoms with van der Waals surface area (Å²) in [6.07, 6.45) is 7.26. The summed E-state index contributed by atoms with van der Waals surface area (Å²) in [7, 11) is 3.95. The fraction of sp³-hybridized carbons (Fsp3) is 0.567. The van der Waals surface area contributed by atoms with Crippen LogP contribution in [0, 0.1) is 29.1 Å². The Kier molecular flexibility index (Phi) is 9.74. The number of likely N-dealkylation sites (tertiary alicyclic amines) is 1. The van der Waals surface area contributed by atoms with Crippen LogP contribution in [0.1, 0.15) is 44.1 Å². The summed E-state index contributed by atoms with van der Waals surface area (Å²) in [6.45, 7) is 5.68. The maximum Gasteiger partial charge on any atom is 0.146 e. The molecule has 3 fully saturated rings. The standard InChI is InChI=1S/C30H40N4OS.H2S/c1-32(2)36-35-29-14-12-28(13-15-29)34-21-24(22-34)20-33-18-16-27(17-19-33)30(23-31,26-10-6-7-11-26)25-8-4-3-5-9-25;/h3-5,8-9,12-15,24,26-27H,6-7,10-11,16-22H2,1-2H3;1H2. The third-order valence-corrected chi connectivity index (χ3v) is 9.19. The number of rotatable bonds is 9. The molecule has 0 aromatic heterocycles. The Hall–Kier alpha value is -1.85. The largest absolute Gasteiger partial charge is 0.409 e. The van der Waals surface area contributed by atoms with Crippen LogP contribution in [0.15, 0.2) is 54.6 Å². The van der Waals surface area contributed by atoms with Gasteiger partial charge in [-0.3, -0.25) is 0 Å². The lowest BCUT2D eigenvalue weighted by atomic mass is 9.60. The van der Waals surface area contributed by atoms with Gasteiger partial charge in [0.2, 0.25) is 0 Å². The van der Waals surface area contributed by atoms with Crippen molar-refractivity contribution in [3.05, 3.63) is 60.2 Å². The second-order valence-corrected chi connectivity index (χ2v) is 12.2. The molecule has 1 aliphatic carbocycles. The van der Waals surface area contributed by atoms with Crippen molar-refractivity contribution in [3.63, 3.8) is 0 Å². The second-order valence-electron chi connectivity index (χ2n) is 11.1. The van der Waals surface area contributed by atoms with E-state index in [1.54, 1.807) is 0 Å². The van der Waals surface area contributed by atoms with Gasteiger partial charge in [0.25, 0.3) is 0 Å². The van der Waals surface area contributed by atoms with E-state index >= 15 is 0 Å². The van der Waals surface area contributed by atoms with Crippen molar-refractivity contribution in [1.29, 1.82) is 5.26 Å². The Morgan fingerprint density at radius 1 is 0.946 bits per heavy atom. The number of nitriles is 1. The molecule has 0 spiro atoms. The summed E-state index contributed by atoms with van der Waals surface area (Å²) in [5.41, 5.74) is 2.24. The number of hydrogen-bond donors (Lipinski definition) is 0. The molecule has 2 aromatic carbocycles. The normalized spacial score (nSPS) is 21.2. The van der Waals surface area contributed by atoms with E-state index in [9.17, 15) is 5.26 Å². The van der Waals surface area contributed by atoms with Gasteiger partial charge >= 0.3 is 0 Å². The Balaban J connectivity index is 0.00000320. The van der Waals surface area contributed by atoms with Crippen LogP contribution in [0.2, 0.25) is 0 Å².